The molecule has 1 aliphatic rings. The molecule has 0 spiro atoms. The van der Waals surface area contributed by atoms with Crippen molar-refractivity contribution >= 4 is 6.09 Å². The number of hydrogen-bond acceptors (Lipinski definition) is 4. The van der Waals surface area contributed by atoms with E-state index in [1.165, 1.54) is 4.90 Å². The number of nitrogens with zero attached hydrogens (tertiary/aromatic N) is 3. The Morgan fingerprint density at radius 3 is 3.00 bits per heavy atom. The van der Waals surface area contributed by atoms with Crippen molar-refractivity contribution in [3.05, 3.63) is 24.3 Å². The summed E-state index contributed by atoms with van der Waals surface area (Å²) >= 11 is 0. The molecule has 92 valence electrons. The molecule has 1 aliphatic heterocycles. The standard InChI is InChI=1S/C11H16N4O2/c12-10(8-7-13-4-5-14-8)9-3-1-2-6-15(9)11(16)17/h4-5,7,9-10H,1-3,6,12H2,(H,16,17). The molecule has 1 saturated heterocycles. The first-order valence-corrected chi connectivity index (χ1v) is 5.71. The molecule has 0 radical (unpaired) electrons. The van der Waals surface area contributed by atoms with Crippen LogP contribution in [0.3, 0.4) is 0 Å². The Hall–Kier alpha value is -1.69. The number of rotatable bonds is 2. The molecule has 2 unspecified atom stereocenters. The third-order valence-corrected chi connectivity index (χ3v) is 3.13. The second-order valence-electron chi connectivity index (χ2n) is 4.20. The van der Waals surface area contributed by atoms with Crippen LogP contribution < -0.4 is 5.73 Å². The number of carboxylic acid groups (broad SMARTS) is 1. The number of likely N-dealkylation sites (tertiary alicyclic amines) is 1. The summed E-state index contributed by atoms with van der Waals surface area (Å²) in [6.07, 6.45) is 6.52. The molecule has 6 heteroatoms. The lowest BCUT2D eigenvalue weighted by molar-refractivity contribution is 0.0961. The van der Waals surface area contributed by atoms with Crippen LogP contribution in [0.15, 0.2) is 18.6 Å². The highest BCUT2D eigenvalue weighted by molar-refractivity contribution is 5.65. The molecule has 17 heavy (non-hydrogen) atoms. The largest absolute Gasteiger partial charge is 0.465 e. The summed E-state index contributed by atoms with van der Waals surface area (Å²) in [6.45, 7) is 0.550. The predicted molar refractivity (Wildman–Crippen MR) is 61.3 cm³/mol. The molecule has 0 aromatic carbocycles. The Kier molecular flexibility index (Phi) is 3.53. The highest BCUT2D eigenvalue weighted by Gasteiger charge is 2.32. The van der Waals surface area contributed by atoms with Gasteiger partial charge >= 0.3 is 6.09 Å². The summed E-state index contributed by atoms with van der Waals surface area (Å²) < 4.78 is 0. The Morgan fingerprint density at radius 1 is 1.53 bits per heavy atom. The zero-order chi connectivity index (χ0) is 12.3. The smallest absolute Gasteiger partial charge is 0.407 e. The lowest BCUT2D eigenvalue weighted by Crippen LogP contribution is -2.48. The number of amides is 1. The number of piperidine rings is 1. The van der Waals surface area contributed by atoms with Gasteiger partial charge in [-0.25, -0.2) is 4.79 Å². The third kappa shape index (κ3) is 2.52. The fourth-order valence-electron chi connectivity index (χ4n) is 2.25. The summed E-state index contributed by atoms with van der Waals surface area (Å²) in [7, 11) is 0. The van der Waals surface area contributed by atoms with Gasteiger partial charge in [0.25, 0.3) is 0 Å². The molecule has 0 aliphatic carbocycles. The van der Waals surface area contributed by atoms with Crippen molar-refractivity contribution in [2.45, 2.75) is 31.3 Å². The molecule has 1 aromatic rings. The van der Waals surface area contributed by atoms with Crippen LogP contribution in [0, 0.1) is 0 Å². The third-order valence-electron chi connectivity index (χ3n) is 3.13. The predicted octanol–water partition coefficient (Wildman–Crippen LogP) is 1.01. The molecule has 2 rings (SSSR count). The van der Waals surface area contributed by atoms with Crippen molar-refractivity contribution in [1.29, 1.82) is 0 Å². The van der Waals surface area contributed by atoms with Crippen LogP contribution in [0.4, 0.5) is 4.79 Å². The van der Waals surface area contributed by atoms with E-state index >= 15 is 0 Å². The molecular weight excluding hydrogens is 220 g/mol. The van der Waals surface area contributed by atoms with Crippen molar-refractivity contribution in [3.8, 4) is 0 Å². The summed E-state index contributed by atoms with van der Waals surface area (Å²) in [5.41, 5.74) is 6.73. The van der Waals surface area contributed by atoms with Gasteiger partial charge in [-0.15, -0.1) is 0 Å². The van der Waals surface area contributed by atoms with Crippen LogP contribution in [0.2, 0.25) is 0 Å². The number of nitrogens with two attached hydrogens (primary N) is 1. The van der Waals surface area contributed by atoms with Crippen LogP contribution in [-0.2, 0) is 0 Å². The maximum Gasteiger partial charge on any atom is 0.407 e. The fourth-order valence-corrected chi connectivity index (χ4v) is 2.25. The van der Waals surface area contributed by atoms with Gasteiger partial charge in [-0.1, -0.05) is 0 Å². The van der Waals surface area contributed by atoms with Gasteiger partial charge in [-0.2, -0.15) is 0 Å². The first kappa shape index (κ1) is 11.8. The Morgan fingerprint density at radius 2 is 2.35 bits per heavy atom. The summed E-state index contributed by atoms with van der Waals surface area (Å²) in [4.78, 5) is 20.7. The molecule has 1 fully saturated rings. The molecule has 6 nitrogen and oxygen atoms in total. The first-order valence-electron chi connectivity index (χ1n) is 5.71. The first-order chi connectivity index (χ1) is 8.20. The van der Waals surface area contributed by atoms with Gasteiger partial charge < -0.3 is 15.7 Å². The van der Waals surface area contributed by atoms with Crippen LogP contribution in [0.25, 0.3) is 0 Å². The van der Waals surface area contributed by atoms with Crippen molar-refractivity contribution in [3.63, 3.8) is 0 Å². The molecule has 1 amide bonds. The fraction of sp³-hybridized carbons (Fsp3) is 0.545. The monoisotopic (exact) mass is 236 g/mol. The molecule has 2 heterocycles. The average Bonchev–Trinajstić information content (AvgIpc) is 2.39. The van der Waals surface area contributed by atoms with E-state index in [1.807, 2.05) is 0 Å². The minimum Gasteiger partial charge on any atom is -0.465 e. The van der Waals surface area contributed by atoms with Crippen LogP contribution in [0.1, 0.15) is 31.0 Å². The van der Waals surface area contributed by atoms with E-state index in [0.717, 1.165) is 19.3 Å². The Balaban J connectivity index is 2.16. The summed E-state index contributed by atoms with van der Waals surface area (Å²) in [6, 6.07) is -0.599. The van der Waals surface area contributed by atoms with Gasteiger partial charge in [0.05, 0.1) is 24.0 Å². The van der Waals surface area contributed by atoms with E-state index in [1.54, 1.807) is 18.6 Å². The maximum atomic E-state index is 11.1. The lowest BCUT2D eigenvalue weighted by Gasteiger charge is -2.36. The quantitative estimate of drug-likeness (QED) is 0.799. The highest BCUT2D eigenvalue weighted by atomic mass is 16.4. The van der Waals surface area contributed by atoms with Gasteiger partial charge in [0.15, 0.2) is 0 Å². The molecule has 1 aromatic heterocycles. The average molecular weight is 236 g/mol. The van der Waals surface area contributed by atoms with E-state index < -0.39 is 12.1 Å². The van der Waals surface area contributed by atoms with E-state index in [9.17, 15) is 4.79 Å². The van der Waals surface area contributed by atoms with E-state index in [-0.39, 0.29) is 6.04 Å². The van der Waals surface area contributed by atoms with Gasteiger partial charge in [0, 0.05) is 18.9 Å². The van der Waals surface area contributed by atoms with Crippen molar-refractivity contribution in [1.82, 2.24) is 14.9 Å². The highest BCUT2D eigenvalue weighted by Crippen LogP contribution is 2.25. The second-order valence-corrected chi connectivity index (χ2v) is 4.20. The maximum absolute atomic E-state index is 11.1. The van der Waals surface area contributed by atoms with Gasteiger partial charge in [-0.05, 0) is 19.3 Å². The molecule has 0 bridgehead atoms. The Labute approximate surface area is 99.5 Å². The van der Waals surface area contributed by atoms with Gasteiger partial charge in [0.1, 0.15) is 0 Å². The zero-order valence-corrected chi connectivity index (χ0v) is 9.49. The van der Waals surface area contributed by atoms with E-state index in [2.05, 4.69) is 9.97 Å². The minimum atomic E-state index is -0.908. The second kappa shape index (κ2) is 5.09. The number of aromatic nitrogens is 2. The zero-order valence-electron chi connectivity index (χ0n) is 9.49. The van der Waals surface area contributed by atoms with Gasteiger partial charge in [0.2, 0.25) is 0 Å². The molecule has 0 saturated carbocycles. The normalized spacial score (nSPS) is 22.2. The number of hydrogen-bond donors (Lipinski definition) is 2. The van der Waals surface area contributed by atoms with Crippen molar-refractivity contribution < 1.29 is 9.90 Å². The summed E-state index contributed by atoms with van der Waals surface area (Å²) in [5.74, 6) is 0. The number of carbonyl (C=O) groups is 1. The van der Waals surface area contributed by atoms with E-state index in [0.29, 0.717) is 12.2 Å². The topological polar surface area (TPSA) is 92.3 Å². The SMILES string of the molecule is NC(c1cnccn1)C1CCCCN1C(=O)O. The molecule has 2 atom stereocenters. The summed E-state index contributed by atoms with van der Waals surface area (Å²) in [5, 5.41) is 9.14. The van der Waals surface area contributed by atoms with E-state index in [4.69, 9.17) is 10.8 Å². The molecule has 3 N–H and O–H groups in total. The van der Waals surface area contributed by atoms with Crippen LogP contribution in [-0.4, -0.2) is 38.7 Å². The van der Waals surface area contributed by atoms with Crippen LogP contribution >= 0.6 is 0 Å². The molecular formula is C11H16N4O2. The minimum absolute atomic E-state index is 0.196. The van der Waals surface area contributed by atoms with Gasteiger partial charge in [-0.3, -0.25) is 9.97 Å². The van der Waals surface area contributed by atoms with Crippen LogP contribution in [0.5, 0.6) is 0 Å². The van der Waals surface area contributed by atoms with Crippen molar-refractivity contribution in [2.24, 2.45) is 5.73 Å². The van der Waals surface area contributed by atoms with Crippen molar-refractivity contribution in [2.75, 3.05) is 6.54 Å². The lowest BCUT2D eigenvalue weighted by atomic mass is 9.95. The Bertz CT molecular complexity index is 384.